The Bertz CT molecular complexity index is 1100. The molecule has 1 saturated heterocycles. The molecule has 1 aliphatic rings. The van der Waals surface area contributed by atoms with Crippen LogP contribution in [-0.4, -0.2) is 24.1 Å². The molecule has 0 aliphatic carbocycles. The van der Waals surface area contributed by atoms with E-state index in [2.05, 4.69) is 10.5 Å². The Hall–Kier alpha value is -3.41. The molecule has 6 heteroatoms. The van der Waals surface area contributed by atoms with E-state index in [1.807, 2.05) is 62.4 Å². The normalized spacial score (nSPS) is 14.7. The number of hydrogen-bond acceptors (Lipinski definition) is 4. The molecule has 1 aromatic heterocycles. The number of para-hydroxylation sites is 1. The van der Waals surface area contributed by atoms with Crippen molar-refractivity contribution in [3.05, 3.63) is 65.4 Å². The predicted molar refractivity (Wildman–Crippen MR) is 109 cm³/mol. The average Bonchev–Trinajstić information content (AvgIpc) is 3.29. The number of rotatable bonds is 4. The van der Waals surface area contributed by atoms with E-state index >= 15 is 0 Å². The van der Waals surface area contributed by atoms with Gasteiger partial charge in [-0.2, -0.15) is 5.10 Å². The van der Waals surface area contributed by atoms with Crippen molar-refractivity contribution in [3.63, 3.8) is 0 Å². The second-order valence-corrected chi connectivity index (χ2v) is 6.89. The van der Waals surface area contributed by atoms with Crippen molar-refractivity contribution < 1.29 is 14.0 Å². The molecule has 0 bridgehead atoms. The van der Waals surface area contributed by atoms with Crippen LogP contribution in [0.3, 0.4) is 0 Å². The third-order valence-electron chi connectivity index (χ3n) is 5.02. The van der Waals surface area contributed by atoms with Gasteiger partial charge in [0, 0.05) is 29.6 Å². The third-order valence-corrected chi connectivity index (χ3v) is 5.02. The lowest BCUT2D eigenvalue weighted by atomic mass is 10.1. The van der Waals surface area contributed by atoms with E-state index in [0.717, 1.165) is 35.2 Å². The van der Waals surface area contributed by atoms with Gasteiger partial charge < -0.3 is 9.32 Å². The Balaban J connectivity index is 1.53. The fourth-order valence-corrected chi connectivity index (χ4v) is 3.46. The molecule has 6 nitrogen and oxygen atoms in total. The maximum absolute atomic E-state index is 12.5. The van der Waals surface area contributed by atoms with Gasteiger partial charge in [-0.3, -0.25) is 9.59 Å². The van der Waals surface area contributed by atoms with Crippen LogP contribution in [-0.2, 0) is 4.79 Å². The number of benzene rings is 2. The molecule has 1 aliphatic heterocycles. The summed E-state index contributed by atoms with van der Waals surface area (Å²) in [6, 6.07) is 15.2. The zero-order valence-corrected chi connectivity index (χ0v) is 15.9. The second-order valence-electron chi connectivity index (χ2n) is 6.89. The van der Waals surface area contributed by atoms with Crippen molar-refractivity contribution in [1.82, 2.24) is 5.43 Å². The molecule has 2 aromatic carbocycles. The molecule has 1 N–H and O–H groups in total. The van der Waals surface area contributed by atoms with Gasteiger partial charge in [0.25, 0.3) is 0 Å². The van der Waals surface area contributed by atoms with Crippen LogP contribution in [0.15, 0.2) is 58.0 Å². The highest BCUT2D eigenvalue weighted by atomic mass is 16.3. The lowest BCUT2D eigenvalue weighted by Crippen LogP contribution is -2.24. The first kappa shape index (κ1) is 18.0. The Morgan fingerprint density at radius 3 is 2.75 bits per heavy atom. The van der Waals surface area contributed by atoms with Gasteiger partial charge in [-0.1, -0.05) is 30.3 Å². The molecule has 2 heterocycles. The highest BCUT2D eigenvalue weighted by Gasteiger charge is 2.22. The minimum absolute atomic E-state index is 0.139. The SMILES string of the molecule is CC(=NNC(=O)c1oc2ccccc2c1C)c1cccc(N2CCCC2=O)c1. The number of fused-ring (bicyclic) bond motifs is 1. The molecule has 4 rings (SSSR count). The van der Waals surface area contributed by atoms with Gasteiger partial charge in [-0.15, -0.1) is 0 Å². The first-order chi connectivity index (χ1) is 13.5. The first-order valence-corrected chi connectivity index (χ1v) is 9.28. The van der Waals surface area contributed by atoms with Crippen LogP contribution in [0.25, 0.3) is 11.0 Å². The maximum atomic E-state index is 12.5. The van der Waals surface area contributed by atoms with Crippen molar-refractivity contribution in [1.29, 1.82) is 0 Å². The third kappa shape index (κ3) is 3.29. The van der Waals surface area contributed by atoms with Crippen LogP contribution < -0.4 is 10.3 Å². The molecular weight excluding hydrogens is 354 g/mol. The molecule has 28 heavy (non-hydrogen) atoms. The monoisotopic (exact) mass is 375 g/mol. The number of amides is 2. The summed E-state index contributed by atoms with van der Waals surface area (Å²) in [5.74, 6) is 0.00787. The smallest absolute Gasteiger partial charge is 0.307 e. The van der Waals surface area contributed by atoms with Gasteiger partial charge in [-0.25, -0.2) is 5.43 Å². The van der Waals surface area contributed by atoms with Gasteiger partial charge in [0.15, 0.2) is 5.76 Å². The van der Waals surface area contributed by atoms with Crippen molar-refractivity contribution in [2.75, 3.05) is 11.4 Å². The number of furan rings is 1. The Labute approximate surface area is 162 Å². The van der Waals surface area contributed by atoms with Crippen LogP contribution in [0.1, 0.15) is 41.4 Å². The van der Waals surface area contributed by atoms with Gasteiger partial charge in [0.2, 0.25) is 5.91 Å². The molecule has 0 atom stereocenters. The zero-order chi connectivity index (χ0) is 19.7. The van der Waals surface area contributed by atoms with E-state index in [1.165, 1.54) is 0 Å². The average molecular weight is 375 g/mol. The molecule has 0 saturated carbocycles. The summed E-state index contributed by atoms with van der Waals surface area (Å²) < 4.78 is 5.67. The molecule has 0 radical (unpaired) electrons. The van der Waals surface area contributed by atoms with Crippen molar-refractivity contribution in [3.8, 4) is 0 Å². The van der Waals surface area contributed by atoms with Crippen LogP contribution in [0, 0.1) is 6.92 Å². The van der Waals surface area contributed by atoms with Gasteiger partial charge in [0.05, 0.1) is 5.71 Å². The standard InChI is InChI=1S/C22H21N3O3/c1-14-18-9-3-4-10-19(18)28-21(14)22(27)24-23-15(2)16-7-5-8-17(13-16)25-12-6-11-20(25)26/h3-5,7-10,13H,6,11-12H2,1-2H3,(H,24,27). The fourth-order valence-electron chi connectivity index (χ4n) is 3.46. The summed E-state index contributed by atoms with van der Waals surface area (Å²) in [5.41, 5.74) is 6.38. The number of aryl methyl sites for hydroxylation is 1. The minimum atomic E-state index is -0.390. The molecular formula is C22H21N3O3. The first-order valence-electron chi connectivity index (χ1n) is 9.28. The largest absolute Gasteiger partial charge is 0.451 e. The fraction of sp³-hybridized carbons (Fsp3) is 0.227. The highest BCUT2D eigenvalue weighted by Crippen LogP contribution is 2.25. The van der Waals surface area contributed by atoms with Crippen LogP contribution >= 0.6 is 0 Å². The maximum Gasteiger partial charge on any atom is 0.307 e. The number of hydrogen-bond donors (Lipinski definition) is 1. The van der Waals surface area contributed by atoms with Gasteiger partial charge in [0.1, 0.15) is 5.58 Å². The van der Waals surface area contributed by atoms with E-state index in [1.54, 1.807) is 4.90 Å². The predicted octanol–water partition coefficient (Wildman–Crippen LogP) is 4.02. The summed E-state index contributed by atoms with van der Waals surface area (Å²) in [5, 5.41) is 5.14. The lowest BCUT2D eigenvalue weighted by Gasteiger charge is -2.16. The number of carbonyl (C=O) groups is 2. The summed E-state index contributed by atoms with van der Waals surface area (Å²) >= 11 is 0. The Morgan fingerprint density at radius 2 is 2.00 bits per heavy atom. The molecule has 0 spiro atoms. The van der Waals surface area contributed by atoms with Gasteiger partial charge in [-0.05, 0) is 44.0 Å². The lowest BCUT2D eigenvalue weighted by molar-refractivity contribution is -0.117. The summed E-state index contributed by atoms with van der Waals surface area (Å²) in [4.78, 5) is 26.3. The minimum Gasteiger partial charge on any atom is -0.451 e. The van der Waals surface area contributed by atoms with E-state index in [-0.39, 0.29) is 17.6 Å². The van der Waals surface area contributed by atoms with E-state index in [9.17, 15) is 9.59 Å². The molecule has 0 unspecified atom stereocenters. The molecule has 2 amide bonds. The Kier molecular flexibility index (Phi) is 4.69. The van der Waals surface area contributed by atoms with Crippen molar-refractivity contribution >= 4 is 34.2 Å². The number of hydrazone groups is 1. The van der Waals surface area contributed by atoms with Crippen molar-refractivity contribution in [2.45, 2.75) is 26.7 Å². The Morgan fingerprint density at radius 1 is 1.18 bits per heavy atom. The number of anilines is 1. The number of nitrogens with one attached hydrogen (secondary N) is 1. The van der Waals surface area contributed by atoms with E-state index in [4.69, 9.17) is 4.42 Å². The van der Waals surface area contributed by atoms with Crippen molar-refractivity contribution in [2.24, 2.45) is 5.10 Å². The topological polar surface area (TPSA) is 74.9 Å². The molecule has 3 aromatic rings. The molecule has 1 fully saturated rings. The highest BCUT2D eigenvalue weighted by molar-refractivity contribution is 6.03. The zero-order valence-electron chi connectivity index (χ0n) is 15.9. The quantitative estimate of drug-likeness (QED) is 0.553. The summed E-state index contributed by atoms with van der Waals surface area (Å²) in [7, 11) is 0. The molecule has 142 valence electrons. The number of carbonyl (C=O) groups excluding carboxylic acids is 2. The summed E-state index contributed by atoms with van der Waals surface area (Å²) in [6.45, 7) is 4.41. The van der Waals surface area contributed by atoms with E-state index < -0.39 is 0 Å². The van der Waals surface area contributed by atoms with Crippen LogP contribution in [0.5, 0.6) is 0 Å². The van der Waals surface area contributed by atoms with Crippen LogP contribution in [0.4, 0.5) is 5.69 Å². The van der Waals surface area contributed by atoms with Gasteiger partial charge >= 0.3 is 5.91 Å². The van der Waals surface area contributed by atoms with Crippen LogP contribution in [0.2, 0.25) is 0 Å². The van der Waals surface area contributed by atoms with E-state index in [0.29, 0.717) is 17.7 Å². The number of nitrogens with zero attached hydrogens (tertiary/aromatic N) is 2. The summed E-state index contributed by atoms with van der Waals surface area (Å²) in [6.07, 6.45) is 1.47. The second kappa shape index (κ2) is 7.31.